The van der Waals surface area contributed by atoms with E-state index in [1.165, 1.54) is 27.7 Å². The van der Waals surface area contributed by atoms with Gasteiger partial charge in [0, 0.05) is 20.6 Å². The van der Waals surface area contributed by atoms with Crippen molar-refractivity contribution in [2.45, 2.75) is 44.4 Å². The number of ether oxygens (including phenoxy) is 1. The molecule has 0 aromatic carbocycles. The van der Waals surface area contributed by atoms with Gasteiger partial charge in [0.25, 0.3) is 0 Å². The van der Waals surface area contributed by atoms with Crippen molar-refractivity contribution in [3.8, 4) is 0 Å². The van der Waals surface area contributed by atoms with Gasteiger partial charge in [-0.25, -0.2) is 9.59 Å². The van der Waals surface area contributed by atoms with Gasteiger partial charge in [0.2, 0.25) is 11.8 Å². The standard InChI is InChI=1S/C21H29N3O7/c1-5-6-31-21(30)23-10-12(8-15(23)18(26)22(3)4)7-13-9-14-16(11(2)25)19(27)24(14)17(13)20(28)29/h5,11-12,14-16,25H,1,6-10H2,2-4H3,(H,28,29)/t11-,12-,14-,15+,16-/m1/s1. The van der Waals surface area contributed by atoms with E-state index in [1.54, 1.807) is 14.1 Å². The van der Waals surface area contributed by atoms with E-state index in [1.807, 2.05) is 0 Å². The number of fused-ring (bicyclic) bond motifs is 1. The van der Waals surface area contributed by atoms with Crippen LogP contribution in [0.2, 0.25) is 0 Å². The predicted octanol–water partition coefficient (Wildman–Crippen LogP) is 0.428. The molecule has 10 nitrogen and oxygen atoms in total. The Bertz CT molecular complexity index is 835. The number of hydrogen-bond donors (Lipinski definition) is 2. The molecule has 10 heteroatoms. The van der Waals surface area contributed by atoms with Crippen LogP contribution in [0.4, 0.5) is 4.79 Å². The Labute approximate surface area is 180 Å². The van der Waals surface area contributed by atoms with E-state index in [9.17, 15) is 29.4 Å². The number of aliphatic carboxylic acids is 1. The Morgan fingerprint density at radius 1 is 1.35 bits per heavy atom. The summed E-state index contributed by atoms with van der Waals surface area (Å²) in [4.78, 5) is 53.4. The monoisotopic (exact) mass is 435 g/mol. The Hall–Kier alpha value is -2.88. The maximum Gasteiger partial charge on any atom is 0.410 e. The fourth-order valence-electron chi connectivity index (χ4n) is 4.91. The number of β-lactam (4-membered cyclic amide) rings is 1. The predicted molar refractivity (Wildman–Crippen MR) is 109 cm³/mol. The molecule has 3 rings (SSSR count). The molecular weight excluding hydrogens is 406 g/mol. The van der Waals surface area contributed by atoms with Crippen molar-refractivity contribution in [1.82, 2.24) is 14.7 Å². The molecule has 3 aliphatic rings. The van der Waals surface area contributed by atoms with Crippen molar-refractivity contribution < 1.29 is 34.1 Å². The van der Waals surface area contributed by atoms with Crippen LogP contribution in [0, 0.1) is 11.8 Å². The molecule has 0 unspecified atom stereocenters. The number of rotatable bonds is 7. The van der Waals surface area contributed by atoms with Gasteiger partial charge in [-0.05, 0) is 37.7 Å². The zero-order chi connectivity index (χ0) is 23.0. The van der Waals surface area contributed by atoms with E-state index in [2.05, 4.69) is 6.58 Å². The average molecular weight is 435 g/mol. The van der Waals surface area contributed by atoms with E-state index in [-0.39, 0.29) is 42.6 Å². The van der Waals surface area contributed by atoms with Gasteiger partial charge in [0.05, 0.1) is 18.1 Å². The highest BCUT2D eigenvalue weighted by Crippen LogP contribution is 2.46. The number of carbonyl (C=O) groups is 4. The lowest BCUT2D eigenvalue weighted by Crippen LogP contribution is -2.61. The molecule has 2 saturated heterocycles. The number of nitrogens with zero attached hydrogens (tertiary/aromatic N) is 3. The summed E-state index contributed by atoms with van der Waals surface area (Å²) in [6.45, 7) is 5.31. The van der Waals surface area contributed by atoms with Crippen LogP contribution in [0.3, 0.4) is 0 Å². The molecule has 0 spiro atoms. The molecule has 0 saturated carbocycles. The minimum Gasteiger partial charge on any atom is -0.477 e. The molecule has 0 radical (unpaired) electrons. The molecule has 2 fully saturated rings. The third kappa shape index (κ3) is 4.04. The minimum atomic E-state index is -1.18. The Morgan fingerprint density at radius 2 is 2.03 bits per heavy atom. The maximum atomic E-state index is 12.6. The molecule has 0 bridgehead atoms. The quantitative estimate of drug-likeness (QED) is 0.438. The number of amides is 3. The fourth-order valence-corrected chi connectivity index (χ4v) is 4.91. The number of carboxylic acid groups (broad SMARTS) is 1. The summed E-state index contributed by atoms with van der Waals surface area (Å²) in [5, 5.41) is 19.6. The first kappa shape index (κ1) is 22.8. The zero-order valence-corrected chi connectivity index (χ0v) is 18.0. The number of aliphatic hydroxyl groups excluding tert-OH is 1. The van der Waals surface area contributed by atoms with Crippen molar-refractivity contribution in [3.05, 3.63) is 23.9 Å². The molecule has 0 aromatic rings. The lowest BCUT2D eigenvalue weighted by Gasteiger charge is -2.44. The second-order valence-corrected chi connectivity index (χ2v) is 8.58. The van der Waals surface area contributed by atoms with Crippen molar-refractivity contribution in [1.29, 1.82) is 0 Å². The lowest BCUT2D eigenvalue weighted by atomic mass is 9.82. The Kier molecular flexibility index (Phi) is 6.40. The van der Waals surface area contributed by atoms with Crippen molar-refractivity contribution >= 4 is 23.9 Å². The molecule has 170 valence electrons. The topological polar surface area (TPSA) is 128 Å². The van der Waals surface area contributed by atoms with Crippen LogP contribution < -0.4 is 0 Å². The number of likely N-dealkylation sites (tertiary alicyclic amines) is 1. The highest BCUT2D eigenvalue weighted by Gasteiger charge is 2.57. The molecule has 3 heterocycles. The summed E-state index contributed by atoms with van der Waals surface area (Å²) < 4.78 is 5.12. The van der Waals surface area contributed by atoms with Gasteiger partial charge in [-0.1, -0.05) is 12.7 Å². The Morgan fingerprint density at radius 3 is 2.58 bits per heavy atom. The first-order valence-electron chi connectivity index (χ1n) is 10.3. The number of hydrogen-bond acceptors (Lipinski definition) is 6. The highest BCUT2D eigenvalue weighted by atomic mass is 16.6. The Balaban J connectivity index is 1.79. The van der Waals surface area contributed by atoms with Crippen LogP contribution in [-0.4, -0.2) is 94.2 Å². The third-order valence-corrected chi connectivity index (χ3v) is 6.23. The molecule has 0 aliphatic carbocycles. The average Bonchev–Trinajstić information content (AvgIpc) is 3.24. The fraction of sp³-hybridized carbons (Fsp3) is 0.619. The second-order valence-electron chi connectivity index (χ2n) is 8.58. The first-order chi connectivity index (χ1) is 14.6. The largest absolute Gasteiger partial charge is 0.477 e. The first-order valence-corrected chi connectivity index (χ1v) is 10.3. The summed E-state index contributed by atoms with van der Waals surface area (Å²) in [7, 11) is 3.22. The van der Waals surface area contributed by atoms with Crippen LogP contribution in [0.5, 0.6) is 0 Å². The van der Waals surface area contributed by atoms with Crippen LogP contribution in [0.25, 0.3) is 0 Å². The number of carboxylic acids is 1. The van der Waals surface area contributed by atoms with Crippen LogP contribution in [0.15, 0.2) is 23.9 Å². The smallest absolute Gasteiger partial charge is 0.410 e. The number of carbonyl (C=O) groups excluding carboxylic acids is 3. The lowest BCUT2D eigenvalue weighted by molar-refractivity contribution is -0.161. The van der Waals surface area contributed by atoms with Gasteiger partial charge in [0.1, 0.15) is 18.3 Å². The van der Waals surface area contributed by atoms with Crippen molar-refractivity contribution in [2.75, 3.05) is 27.2 Å². The normalized spacial score (nSPS) is 28.2. The zero-order valence-electron chi connectivity index (χ0n) is 18.0. The van der Waals surface area contributed by atoms with Crippen LogP contribution >= 0.6 is 0 Å². The van der Waals surface area contributed by atoms with E-state index in [0.717, 1.165) is 0 Å². The summed E-state index contributed by atoms with van der Waals surface area (Å²) in [5.74, 6) is -2.56. The molecule has 3 aliphatic heterocycles. The summed E-state index contributed by atoms with van der Waals surface area (Å²) >= 11 is 0. The van der Waals surface area contributed by atoms with Gasteiger partial charge >= 0.3 is 12.1 Å². The molecule has 0 aromatic heterocycles. The second kappa shape index (κ2) is 8.70. The van der Waals surface area contributed by atoms with Crippen LogP contribution in [-0.2, 0) is 19.1 Å². The minimum absolute atomic E-state index is 0.0245. The van der Waals surface area contributed by atoms with Gasteiger partial charge in [0.15, 0.2) is 0 Å². The SMILES string of the molecule is C=CCOC(=O)N1C[C@H](CC2=C(C(=O)O)N3C(=O)[C@H]([C@@H](C)O)[C@H]3C2)C[C@H]1C(=O)N(C)C. The summed E-state index contributed by atoms with van der Waals surface area (Å²) in [5.41, 5.74) is 0.575. The number of likely N-dealkylation sites (N-methyl/N-ethyl adjacent to an activating group) is 1. The van der Waals surface area contributed by atoms with E-state index in [4.69, 9.17) is 4.74 Å². The molecule has 5 atom stereocenters. The van der Waals surface area contributed by atoms with E-state index in [0.29, 0.717) is 24.8 Å². The van der Waals surface area contributed by atoms with E-state index < -0.39 is 30.1 Å². The summed E-state index contributed by atoms with van der Waals surface area (Å²) in [6.07, 6.45) is 1.05. The highest BCUT2D eigenvalue weighted by molar-refractivity contribution is 5.99. The van der Waals surface area contributed by atoms with Gasteiger partial charge in [-0.2, -0.15) is 0 Å². The van der Waals surface area contributed by atoms with Gasteiger partial charge in [-0.3, -0.25) is 14.5 Å². The van der Waals surface area contributed by atoms with E-state index >= 15 is 0 Å². The summed E-state index contributed by atoms with van der Waals surface area (Å²) in [6, 6.07) is -1.06. The van der Waals surface area contributed by atoms with Gasteiger partial charge < -0.3 is 24.7 Å². The molecular formula is C21H29N3O7. The molecule has 31 heavy (non-hydrogen) atoms. The maximum absolute atomic E-state index is 12.6. The van der Waals surface area contributed by atoms with Gasteiger partial charge in [-0.15, -0.1) is 0 Å². The molecule has 3 amide bonds. The third-order valence-electron chi connectivity index (χ3n) is 6.23. The number of aliphatic hydroxyl groups is 1. The van der Waals surface area contributed by atoms with Crippen molar-refractivity contribution in [2.24, 2.45) is 11.8 Å². The van der Waals surface area contributed by atoms with Crippen LogP contribution in [0.1, 0.15) is 26.2 Å². The molecule has 2 N–H and O–H groups in total. The van der Waals surface area contributed by atoms with Crippen molar-refractivity contribution in [3.63, 3.8) is 0 Å².